The smallest absolute Gasteiger partial charge is 0.0208 e. The second-order valence-corrected chi connectivity index (χ2v) is 5.31. The largest absolute Gasteiger partial charge is 0.100 e. The van der Waals surface area contributed by atoms with Gasteiger partial charge >= 0.3 is 0 Å². The van der Waals surface area contributed by atoms with Crippen LogP contribution < -0.4 is 0 Å². The summed E-state index contributed by atoms with van der Waals surface area (Å²) < 4.78 is 0. The highest BCUT2D eigenvalue weighted by atomic mass is 14.2. The third-order valence-corrected chi connectivity index (χ3v) is 3.39. The molecule has 0 fully saturated rings. The summed E-state index contributed by atoms with van der Waals surface area (Å²) in [5.41, 5.74) is 2.83. The standard InChI is InChI=1S/C16H30/c1-7-9-15(6)16(8-2)12-14(5)11-10-13(3)4/h12,15-16H,3,7-11H2,1-2,4-6H3. The minimum atomic E-state index is 0.769. The van der Waals surface area contributed by atoms with Crippen LogP contribution in [-0.2, 0) is 0 Å². The van der Waals surface area contributed by atoms with E-state index in [9.17, 15) is 0 Å². The van der Waals surface area contributed by atoms with Crippen molar-refractivity contribution in [1.82, 2.24) is 0 Å². The number of rotatable bonds is 8. The monoisotopic (exact) mass is 222 g/mol. The predicted molar refractivity (Wildman–Crippen MR) is 75.7 cm³/mol. The fraction of sp³-hybridized carbons (Fsp3) is 0.750. The summed E-state index contributed by atoms with van der Waals surface area (Å²) in [6.07, 6.45) is 8.75. The highest BCUT2D eigenvalue weighted by Crippen LogP contribution is 2.24. The molecule has 0 radical (unpaired) electrons. The molecule has 0 heterocycles. The van der Waals surface area contributed by atoms with Crippen LogP contribution >= 0.6 is 0 Å². The van der Waals surface area contributed by atoms with Crippen LogP contribution in [0.3, 0.4) is 0 Å². The summed E-state index contributed by atoms with van der Waals surface area (Å²) in [6.45, 7) is 15.3. The molecule has 0 aliphatic carbocycles. The lowest BCUT2D eigenvalue weighted by atomic mass is 9.86. The van der Waals surface area contributed by atoms with E-state index in [0.29, 0.717) is 0 Å². The molecule has 0 rings (SSSR count). The molecular formula is C16H30. The van der Waals surface area contributed by atoms with Crippen LogP contribution in [0.2, 0.25) is 0 Å². The SMILES string of the molecule is C=C(C)CCC(C)=CC(CC)C(C)CCC. The Morgan fingerprint density at radius 2 is 1.81 bits per heavy atom. The zero-order valence-corrected chi connectivity index (χ0v) is 12.0. The minimum absolute atomic E-state index is 0.769. The Morgan fingerprint density at radius 3 is 2.25 bits per heavy atom. The van der Waals surface area contributed by atoms with Crippen molar-refractivity contribution in [3.8, 4) is 0 Å². The van der Waals surface area contributed by atoms with E-state index < -0.39 is 0 Å². The molecule has 0 bridgehead atoms. The molecule has 16 heavy (non-hydrogen) atoms. The number of hydrogen-bond acceptors (Lipinski definition) is 0. The van der Waals surface area contributed by atoms with Crippen molar-refractivity contribution >= 4 is 0 Å². The van der Waals surface area contributed by atoms with Crippen LogP contribution in [0.5, 0.6) is 0 Å². The van der Waals surface area contributed by atoms with Crippen molar-refractivity contribution in [2.45, 2.75) is 66.7 Å². The highest BCUT2D eigenvalue weighted by molar-refractivity contribution is 5.05. The second kappa shape index (κ2) is 8.61. The van der Waals surface area contributed by atoms with E-state index in [2.05, 4.69) is 47.3 Å². The van der Waals surface area contributed by atoms with Crippen molar-refractivity contribution in [3.05, 3.63) is 23.8 Å². The Morgan fingerprint density at radius 1 is 1.19 bits per heavy atom. The third kappa shape index (κ3) is 6.87. The van der Waals surface area contributed by atoms with Gasteiger partial charge in [-0.05, 0) is 44.9 Å². The van der Waals surface area contributed by atoms with E-state index in [1.165, 1.54) is 36.8 Å². The first kappa shape index (κ1) is 15.5. The van der Waals surface area contributed by atoms with Crippen LogP contribution in [0, 0.1) is 11.8 Å². The van der Waals surface area contributed by atoms with Crippen molar-refractivity contribution in [2.24, 2.45) is 11.8 Å². The van der Waals surface area contributed by atoms with Gasteiger partial charge in [-0.3, -0.25) is 0 Å². The van der Waals surface area contributed by atoms with Gasteiger partial charge < -0.3 is 0 Å². The van der Waals surface area contributed by atoms with Crippen molar-refractivity contribution in [2.75, 3.05) is 0 Å². The van der Waals surface area contributed by atoms with Gasteiger partial charge in [0.2, 0.25) is 0 Å². The summed E-state index contributed by atoms with van der Waals surface area (Å²) in [5, 5.41) is 0. The zero-order chi connectivity index (χ0) is 12.6. The van der Waals surface area contributed by atoms with Crippen molar-refractivity contribution < 1.29 is 0 Å². The van der Waals surface area contributed by atoms with Crippen LogP contribution in [0.1, 0.15) is 66.7 Å². The molecule has 0 nitrogen and oxygen atoms in total. The van der Waals surface area contributed by atoms with E-state index >= 15 is 0 Å². The number of hydrogen-bond donors (Lipinski definition) is 0. The summed E-state index contributed by atoms with van der Waals surface area (Å²) in [5.74, 6) is 1.60. The topological polar surface area (TPSA) is 0 Å². The number of allylic oxidation sites excluding steroid dienone is 3. The first-order valence-corrected chi connectivity index (χ1v) is 6.82. The van der Waals surface area contributed by atoms with E-state index in [0.717, 1.165) is 18.3 Å². The molecule has 0 aliphatic rings. The van der Waals surface area contributed by atoms with E-state index in [1.54, 1.807) is 0 Å². The maximum atomic E-state index is 3.96. The molecule has 0 amide bonds. The van der Waals surface area contributed by atoms with Crippen LogP contribution in [-0.4, -0.2) is 0 Å². The summed E-state index contributed by atoms with van der Waals surface area (Å²) in [7, 11) is 0. The van der Waals surface area contributed by atoms with Gasteiger partial charge in [-0.15, -0.1) is 6.58 Å². The molecule has 0 aliphatic heterocycles. The lowest BCUT2D eigenvalue weighted by Crippen LogP contribution is -2.08. The Labute approximate surface area is 103 Å². The molecule has 0 aromatic heterocycles. The van der Waals surface area contributed by atoms with Gasteiger partial charge in [0.15, 0.2) is 0 Å². The zero-order valence-electron chi connectivity index (χ0n) is 12.0. The molecule has 0 heteroatoms. The Bertz CT molecular complexity index is 222. The van der Waals surface area contributed by atoms with Crippen LogP contribution in [0.25, 0.3) is 0 Å². The Hall–Kier alpha value is -0.520. The molecule has 0 N–H and O–H groups in total. The lowest BCUT2D eigenvalue weighted by molar-refractivity contribution is 0.386. The second-order valence-electron chi connectivity index (χ2n) is 5.31. The first-order valence-electron chi connectivity index (χ1n) is 6.82. The molecule has 0 saturated carbocycles. The molecule has 0 aromatic rings. The summed E-state index contributed by atoms with van der Waals surface area (Å²) in [6, 6.07) is 0. The van der Waals surface area contributed by atoms with Gasteiger partial charge in [-0.1, -0.05) is 50.8 Å². The fourth-order valence-corrected chi connectivity index (χ4v) is 2.21. The normalized spacial score (nSPS) is 15.9. The third-order valence-electron chi connectivity index (χ3n) is 3.39. The van der Waals surface area contributed by atoms with Gasteiger partial charge in [-0.2, -0.15) is 0 Å². The van der Waals surface area contributed by atoms with Gasteiger partial charge in [0, 0.05) is 0 Å². The van der Waals surface area contributed by atoms with Gasteiger partial charge in [0.25, 0.3) is 0 Å². The fourth-order valence-electron chi connectivity index (χ4n) is 2.21. The first-order chi connectivity index (χ1) is 7.51. The quantitative estimate of drug-likeness (QED) is 0.459. The van der Waals surface area contributed by atoms with Crippen LogP contribution in [0.15, 0.2) is 23.8 Å². The summed E-state index contributed by atoms with van der Waals surface area (Å²) in [4.78, 5) is 0. The molecule has 0 aromatic carbocycles. The Kier molecular flexibility index (Phi) is 8.33. The van der Waals surface area contributed by atoms with Gasteiger partial charge in [-0.25, -0.2) is 0 Å². The molecule has 2 atom stereocenters. The van der Waals surface area contributed by atoms with Crippen molar-refractivity contribution in [1.29, 1.82) is 0 Å². The van der Waals surface area contributed by atoms with E-state index in [-0.39, 0.29) is 0 Å². The Balaban J connectivity index is 4.25. The molecule has 2 unspecified atom stereocenters. The average Bonchev–Trinajstić information content (AvgIpc) is 2.23. The maximum Gasteiger partial charge on any atom is -0.0208 e. The maximum absolute atomic E-state index is 3.96. The van der Waals surface area contributed by atoms with Gasteiger partial charge in [0.05, 0.1) is 0 Å². The summed E-state index contributed by atoms with van der Waals surface area (Å²) >= 11 is 0. The van der Waals surface area contributed by atoms with Gasteiger partial charge in [0.1, 0.15) is 0 Å². The minimum Gasteiger partial charge on any atom is -0.100 e. The van der Waals surface area contributed by atoms with Crippen molar-refractivity contribution in [3.63, 3.8) is 0 Å². The van der Waals surface area contributed by atoms with E-state index in [4.69, 9.17) is 0 Å². The molecule has 94 valence electrons. The lowest BCUT2D eigenvalue weighted by Gasteiger charge is -2.20. The predicted octanol–water partition coefficient (Wildman–Crippen LogP) is 5.75. The van der Waals surface area contributed by atoms with E-state index in [1.807, 2.05) is 0 Å². The molecular weight excluding hydrogens is 192 g/mol. The highest BCUT2D eigenvalue weighted by Gasteiger charge is 2.12. The molecule has 0 spiro atoms. The average molecular weight is 222 g/mol. The van der Waals surface area contributed by atoms with Crippen LogP contribution in [0.4, 0.5) is 0 Å². The molecule has 0 saturated heterocycles.